The summed E-state index contributed by atoms with van der Waals surface area (Å²) in [6, 6.07) is 1.78. The molecule has 1 fully saturated rings. The molecular weight excluding hydrogens is 338 g/mol. The Bertz CT molecular complexity index is 582. The molecule has 1 rings (SSSR count). The lowest BCUT2D eigenvalue weighted by Gasteiger charge is -2.42. The van der Waals surface area contributed by atoms with E-state index < -0.39 is 54.4 Å². The van der Waals surface area contributed by atoms with Gasteiger partial charge in [0.15, 0.2) is 24.4 Å². The number of hydrogen-bond donors (Lipinski definition) is 0. The van der Waals surface area contributed by atoms with Crippen LogP contribution >= 0.6 is 0 Å². The van der Waals surface area contributed by atoms with Crippen LogP contribution in [0.25, 0.3) is 0 Å². The van der Waals surface area contributed by atoms with Gasteiger partial charge in [-0.05, 0) is 0 Å². The Hall–Kier alpha value is -2.67. The van der Waals surface area contributed by atoms with Gasteiger partial charge in [-0.25, -0.2) is 0 Å². The lowest BCUT2D eigenvalue weighted by molar-refractivity contribution is -0.243. The van der Waals surface area contributed by atoms with Gasteiger partial charge >= 0.3 is 23.9 Å². The van der Waals surface area contributed by atoms with Crippen LogP contribution in [0.4, 0.5) is 0 Å². The first-order valence-electron chi connectivity index (χ1n) is 7.35. The number of carbonyl (C=O) groups excluding carboxylic acids is 4. The molecule has 0 spiro atoms. The van der Waals surface area contributed by atoms with E-state index in [0.717, 1.165) is 27.7 Å². The molecule has 0 aromatic heterocycles. The first-order valence-corrected chi connectivity index (χ1v) is 7.35. The fraction of sp³-hybridized carbons (Fsp3) is 0.667. The molecule has 0 radical (unpaired) electrons. The van der Waals surface area contributed by atoms with Crippen molar-refractivity contribution in [3.63, 3.8) is 0 Å². The van der Waals surface area contributed by atoms with Crippen molar-refractivity contribution >= 4 is 23.9 Å². The van der Waals surface area contributed by atoms with Gasteiger partial charge in [0, 0.05) is 27.7 Å². The van der Waals surface area contributed by atoms with Crippen molar-refractivity contribution in [1.82, 2.24) is 0 Å². The van der Waals surface area contributed by atoms with E-state index in [1.165, 1.54) is 0 Å². The van der Waals surface area contributed by atoms with Crippen molar-refractivity contribution in [3.8, 4) is 6.07 Å². The summed E-state index contributed by atoms with van der Waals surface area (Å²) in [6.45, 7) is 4.14. The van der Waals surface area contributed by atoms with Crippen molar-refractivity contribution in [2.45, 2.75) is 58.2 Å². The number of nitrogens with zero attached hydrogens (tertiary/aromatic N) is 1. The van der Waals surface area contributed by atoms with Crippen LogP contribution in [-0.4, -0.2) is 61.0 Å². The topological polar surface area (TPSA) is 138 Å². The Morgan fingerprint density at radius 2 is 1.32 bits per heavy atom. The molecule has 0 amide bonds. The molecule has 1 heterocycles. The average molecular weight is 357 g/mol. The van der Waals surface area contributed by atoms with Gasteiger partial charge in [-0.1, -0.05) is 0 Å². The Morgan fingerprint density at radius 3 is 1.76 bits per heavy atom. The maximum atomic E-state index is 11.4. The van der Waals surface area contributed by atoms with Gasteiger partial charge in [0.05, 0.1) is 6.07 Å². The molecular formula is C15H19NO9. The molecule has 0 unspecified atom stereocenters. The summed E-state index contributed by atoms with van der Waals surface area (Å²) in [4.78, 5) is 45.2. The Balaban J connectivity index is 3.21. The largest absolute Gasteiger partial charge is 0.463 e. The third kappa shape index (κ3) is 6.04. The molecule has 5 atom stereocenters. The Morgan fingerprint density at radius 1 is 0.840 bits per heavy atom. The molecule has 10 nitrogen and oxygen atoms in total. The van der Waals surface area contributed by atoms with Crippen molar-refractivity contribution < 1.29 is 42.9 Å². The zero-order valence-electron chi connectivity index (χ0n) is 14.2. The third-order valence-corrected chi connectivity index (χ3v) is 3.12. The summed E-state index contributed by atoms with van der Waals surface area (Å²) >= 11 is 0. The molecule has 0 saturated carbocycles. The van der Waals surface area contributed by atoms with Gasteiger partial charge in [0.1, 0.15) is 12.7 Å². The molecule has 1 aliphatic heterocycles. The van der Waals surface area contributed by atoms with Crippen molar-refractivity contribution in [3.05, 3.63) is 0 Å². The summed E-state index contributed by atoms with van der Waals surface area (Å²) in [5, 5.41) is 9.27. The van der Waals surface area contributed by atoms with E-state index in [1.807, 2.05) is 0 Å². The molecule has 10 heteroatoms. The summed E-state index contributed by atoms with van der Waals surface area (Å²) < 4.78 is 25.6. The second-order valence-electron chi connectivity index (χ2n) is 5.25. The van der Waals surface area contributed by atoms with Crippen LogP contribution in [0.15, 0.2) is 0 Å². The predicted octanol–water partition coefficient (Wildman–Crippen LogP) is -0.364. The normalized spacial score (nSPS) is 28.2. The number of nitriles is 1. The zero-order valence-corrected chi connectivity index (χ0v) is 14.2. The van der Waals surface area contributed by atoms with Gasteiger partial charge < -0.3 is 23.7 Å². The summed E-state index contributed by atoms with van der Waals surface area (Å²) in [5.41, 5.74) is 0. The summed E-state index contributed by atoms with van der Waals surface area (Å²) in [7, 11) is 0. The summed E-state index contributed by atoms with van der Waals surface area (Å²) in [6.07, 6.45) is -6.27. The van der Waals surface area contributed by atoms with Crippen LogP contribution in [-0.2, 0) is 42.9 Å². The Labute approximate surface area is 143 Å². The van der Waals surface area contributed by atoms with Crippen LogP contribution in [0.1, 0.15) is 27.7 Å². The van der Waals surface area contributed by atoms with Crippen LogP contribution in [0, 0.1) is 11.3 Å². The molecule has 0 aliphatic carbocycles. The van der Waals surface area contributed by atoms with E-state index in [4.69, 9.17) is 23.7 Å². The second kappa shape index (κ2) is 8.98. The third-order valence-electron chi connectivity index (χ3n) is 3.12. The van der Waals surface area contributed by atoms with Crippen LogP contribution < -0.4 is 0 Å². The lowest BCUT2D eigenvalue weighted by Crippen LogP contribution is -2.62. The molecule has 25 heavy (non-hydrogen) atoms. The van der Waals surface area contributed by atoms with Gasteiger partial charge in [0.25, 0.3) is 0 Å². The highest BCUT2D eigenvalue weighted by Crippen LogP contribution is 2.28. The van der Waals surface area contributed by atoms with E-state index in [-0.39, 0.29) is 6.61 Å². The molecule has 138 valence electrons. The molecule has 1 aliphatic rings. The van der Waals surface area contributed by atoms with Crippen LogP contribution in [0.2, 0.25) is 0 Å². The minimum absolute atomic E-state index is 0.351. The first-order chi connectivity index (χ1) is 11.6. The van der Waals surface area contributed by atoms with E-state index >= 15 is 0 Å². The quantitative estimate of drug-likeness (QED) is 0.473. The predicted molar refractivity (Wildman–Crippen MR) is 77.6 cm³/mol. The molecule has 1 saturated heterocycles. The highest BCUT2D eigenvalue weighted by molar-refractivity contribution is 5.68. The van der Waals surface area contributed by atoms with Crippen LogP contribution in [0.3, 0.4) is 0 Å². The number of ether oxygens (including phenoxy) is 5. The highest BCUT2D eigenvalue weighted by atomic mass is 16.7. The summed E-state index contributed by atoms with van der Waals surface area (Å²) in [5.74, 6) is -2.84. The maximum absolute atomic E-state index is 11.4. The van der Waals surface area contributed by atoms with Gasteiger partial charge in [-0.3, -0.25) is 19.2 Å². The maximum Gasteiger partial charge on any atom is 0.303 e. The van der Waals surface area contributed by atoms with Crippen molar-refractivity contribution in [1.29, 1.82) is 5.26 Å². The fourth-order valence-electron chi connectivity index (χ4n) is 2.33. The molecule has 0 bridgehead atoms. The lowest BCUT2D eigenvalue weighted by atomic mass is 9.94. The van der Waals surface area contributed by atoms with E-state index in [9.17, 15) is 24.4 Å². The minimum atomic E-state index is -1.32. The monoisotopic (exact) mass is 357 g/mol. The number of carbonyl (C=O) groups is 4. The van der Waals surface area contributed by atoms with Gasteiger partial charge in [-0.2, -0.15) is 5.26 Å². The smallest absolute Gasteiger partial charge is 0.303 e. The second-order valence-corrected chi connectivity index (χ2v) is 5.25. The number of esters is 4. The van der Waals surface area contributed by atoms with E-state index in [1.54, 1.807) is 6.07 Å². The standard InChI is InChI=1S/C15H19NO9/c1-7(17)21-6-12-14(23-9(3)19)15(24-10(4)20)13(22-8(2)18)11(5-16)25-12/h11-15H,6H2,1-4H3/t11-,12-,13-,14-,15-/m1/s1. The molecule has 0 N–H and O–H groups in total. The SMILES string of the molecule is CC(=O)OC[C@H]1O[C@H](C#N)[C@@H](OC(C)=O)[C@@H](OC(C)=O)[C@@H]1OC(C)=O. The van der Waals surface area contributed by atoms with Crippen molar-refractivity contribution in [2.24, 2.45) is 0 Å². The van der Waals surface area contributed by atoms with Crippen molar-refractivity contribution in [2.75, 3.05) is 6.61 Å². The first kappa shape index (κ1) is 20.4. The number of rotatable bonds is 5. The fourth-order valence-corrected chi connectivity index (χ4v) is 2.33. The minimum Gasteiger partial charge on any atom is -0.463 e. The van der Waals surface area contributed by atoms with Gasteiger partial charge in [-0.15, -0.1) is 0 Å². The number of hydrogen-bond acceptors (Lipinski definition) is 10. The molecule has 0 aromatic rings. The average Bonchev–Trinajstić information content (AvgIpc) is 2.48. The highest BCUT2D eigenvalue weighted by Gasteiger charge is 2.52. The van der Waals surface area contributed by atoms with E-state index in [2.05, 4.69) is 0 Å². The van der Waals surface area contributed by atoms with Gasteiger partial charge in [0.2, 0.25) is 0 Å². The molecule has 0 aromatic carbocycles. The van der Waals surface area contributed by atoms with Crippen LogP contribution in [0.5, 0.6) is 0 Å². The van der Waals surface area contributed by atoms with E-state index in [0.29, 0.717) is 0 Å². The zero-order chi connectivity index (χ0) is 19.1. The Kier molecular flexibility index (Phi) is 7.32.